The van der Waals surface area contributed by atoms with Crippen molar-refractivity contribution in [3.8, 4) is 0 Å². The van der Waals surface area contributed by atoms with E-state index in [4.69, 9.17) is 0 Å². The van der Waals surface area contributed by atoms with Crippen molar-refractivity contribution in [2.75, 3.05) is 25.0 Å². The number of para-hydroxylation sites is 1. The molecule has 2 rings (SSSR count). The van der Waals surface area contributed by atoms with Gasteiger partial charge in [0.1, 0.15) is 0 Å². The first-order valence-electron chi connectivity index (χ1n) is 9.96. The minimum Gasteiger partial charge on any atom is -0.348 e. The number of hydrogen-bond donors (Lipinski definition) is 3. The molecule has 3 N–H and O–H groups in total. The van der Waals surface area contributed by atoms with Gasteiger partial charge in [0.25, 0.3) is 11.8 Å². The first-order valence-corrected chi connectivity index (χ1v) is 9.96. The van der Waals surface area contributed by atoms with Crippen LogP contribution in [0.15, 0.2) is 24.3 Å². The minimum atomic E-state index is -0.0398. The Balaban J connectivity index is 1.82. The molecule has 0 spiro atoms. The second-order valence-corrected chi connectivity index (χ2v) is 7.74. The van der Waals surface area contributed by atoms with E-state index in [2.05, 4.69) is 24.5 Å². The van der Waals surface area contributed by atoms with Crippen molar-refractivity contribution in [3.05, 3.63) is 29.8 Å². The van der Waals surface area contributed by atoms with E-state index in [1.807, 2.05) is 31.2 Å². The Bertz CT molecular complexity index is 595. The Morgan fingerprint density at radius 3 is 2.38 bits per heavy atom. The number of quaternary nitrogens is 1. The average molecular weight is 361 g/mol. The molecule has 0 saturated heterocycles. The summed E-state index contributed by atoms with van der Waals surface area (Å²) in [6.07, 6.45) is 5.47. The monoisotopic (exact) mass is 360 g/mol. The quantitative estimate of drug-likeness (QED) is 0.663. The SMILES string of the molecule is CCC[NH+](CC(=O)Nc1ccccc1C)CC(=O)NC1CCC(C)CC1. The van der Waals surface area contributed by atoms with Crippen molar-refractivity contribution in [2.24, 2.45) is 5.92 Å². The number of carbonyl (C=O) groups is 2. The predicted octanol–water partition coefficient (Wildman–Crippen LogP) is 1.92. The lowest BCUT2D eigenvalue weighted by molar-refractivity contribution is -0.883. The van der Waals surface area contributed by atoms with Crippen molar-refractivity contribution in [2.45, 2.75) is 58.9 Å². The van der Waals surface area contributed by atoms with Crippen LogP contribution in [0.5, 0.6) is 0 Å². The highest BCUT2D eigenvalue weighted by molar-refractivity contribution is 5.92. The normalized spacial score (nSPS) is 21.0. The van der Waals surface area contributed by atoms with Crippen LogP contribution in [0, 0.1) is 12.8 Å². The fourth-order valence-electron chi connectivity index (χ4n) is 3.64. The van der Waals surface area contributed by atoms with Crippen LogP contribution in [0.2, 0.25) is 0 Å². The van der Waals surface area contributed by atoms with E-state index in [1.165, 1.54) is 12.8 Å². The molecule has 1 unspecified atom stereocenters. The molecule has 1 fully saturated rings. The molecule has 5 heteroatoms. The molecule has 1 aromatic carbocycles. The molecule has 2 amide bonds. The van der Waals surface area contributed by atoms with E-state index in [-0.39, 0.29) is 11.8 Å². The van der Waals surface area contributed by atoms with Crippen LogP contribution in [0.4, 0.5) is 5.69 Å². The Labute approximate surface area is 157 Å². The number of rotatable bonds is 8. The number of benzene rings is 1. The van der Waals surface area contributed by atoms with E-state index >= 15 is 0 Å². The topological polar surface area (TPSA) is 62.6 Å². The van der Waals surface area contributed by atoms with Gasteiger partial charge in [-0.25, -0.2) is 0 Å². The number of amides is 2. The van der Waals surface area contributed by atoms with E-state index in [1.54, 1.807) is 0 Å². The van der Waals surface area contributed by atoms with Gasteiger partial charge < -0.3 is 15.5 Å². The Kier molecular flexibility index (Phi) is 8.10. The zero-order chi connectivity index (χ0) is 18.9. The van der Waals surface area contributed by atoms with Gasteiger partial charge in [0.05, 0.1) is 6.54 Å². The maximum Gasteiger partial charge on any atom is 0.279 e. The molecule has 144 valence electrons. The van der Waals surface area contributed by atoms with E-state index in [9.17, 15) is 9.59 Å². The summed E-state index contributed by atoms with van der Waals surface area (Å²) in [6.45, 7) is 7.83. The second kappa shape index (κ2) is 10.3. The summed E-state index contributed by atoms with van der Waals surface area (Å²) >= 11 is 0. The van der Waals surface area contributed by atoms with Gasteiger partial charge in [-0.15, -0.1) is 0 Å². The third-order valence-electron chi connectivity index (χ3n) is 5.22. The summed E-state index contributed by atoms with van der Waals surface area (Å²) in [6, 6.07) is 8.06. The average Bonchev–Trinajstić information content (AvgIpc) is 2.59. The van der Waals surface area contributed by atoms with Crippen molar-refractivity contribution in [3.63, 3.8) is 0 Å². The molecule has 1 aromatic rings. The maximum atomic E-state index is 12.4. The van der Waals surface area contributed by atoms with Crippen LogP contribution in [-0.2, 0) is 9.59 Å². The fourth-order valence-corrected chi connectivity index (χ4v) is 3.64. The van der Waals surface area contributed by atoms with Gasteiger partial charge in [0.2, 0.25) is 0 Å². The fraction of sp³-hybridized carbons (Fsp3) is 0.619. The molecular formula is C21H34N3O2+. The Morgan fingerprint density at radius 2 is 1.73 bits per heavy atom. The van der Waals surface area contributed by atoms with Crippen molar-refractivity contribution in [1.82, 2.24) is 5.32 Å². The third kappa shape index (κ3) is 6.79. The Hall–Kier alpha value is -1.88. The summed E-state index contributed by atoms with van der Waals surface area (Å²) in [5, 5.41) is 6.14. The van der Waals surface area contributed by atoms with Crippen LogP contribution in [-0.4, -0.2) is 37.5 Å². The summed E-state index contributed by atoms with van der Waals surface area (Å²) in [5.41, 5.74) is 1.89. The van der Waals surface area contributed by atoms with Gasteiger partial charge in [-0.05, 0) is 56.6 Å². The molecule has 1 atom stereocenters. The number of aryl methyl sites for hydroxylation is 1. The zero-order valence-electron chi connectivity index (χ0n) is 16.4. The molecule has 0 radical (unpaired) electrons. The molecule has 0 aromatic heterocycles. The highest BCUT2D eigenvalue weighted by Crippen LogP contribution is 2.23. The van der Waals surface area contributed by atoms with E-state index in [0.29, 0.717) is 19.1 Å². The van der Waals surface area contributed by atoms with Crippen molar-refractivity contribution in [1.29, 1.82) is 0 Å². The number of hydrogen-bond acceptors (Lipinski definition) is 2. The summed E-state index contributed by atoms with van der Waals surface area (Å²) < 4.78 is 0. The summed E-state index contributed by atoms with van der Waals surface area (Å²) in [5.74, 6) is 0.800. The standard InChI is InChI=1S/C21H33N3O2/c1-4-13-24(14-20(25)22-18-11-9-16(2)10-12-18)15-21(26)23-19-8-6-5-7-17(19)3/h5-8,16,18H,4,9-15H2,1-3H3,(H,22,25)(H,23,26)/p+1. The van der Waals surface area contributed by atoms with Gasteiger partial charge in [0, 0.05) is 11.7 Å². The molecule has 0 aliphatic heterocycles. The number of carbonyl (C=O) groups excluding carboxylic acids is 2. The molecular weight excluding hydrogens is 326 g/mol. The Morgan fingerprint density at radius 1 is 1.08 bits per heavy atom. The number of nitrogens with one attached hydrogen (secondary N) is 3. The largest absolute Gasteiger partial charge is 0.348 e. The highest BCUT2D eigenvalue weighted by atomic mass is 16.2. The molecule has 0 heterocycles. The lowest BCUT2D eigenvalue weighted by atomic mass is 9.87. The van der Waals surface area contributed by atoms with E-state index in [0.717, 1.165) is 47.9 Å². The lowest BCUT2D eigenvalue weighted by Gasteiger charge is -2.27. The van der Waals surface area contributed by atoms with Crippen LogP contribution < -0.4 is 15.5 Å². The van der Waals surface area contributed by atoms with Gasteiger partial charge in [-0.1, -0.05) is 32.0 Å². The molecule has 26 heavy (non-hydrogen) atoms. The van der Waals surface area contributed by atoms with E-state index < -0.39 is 0 Å². The first kappa shape index (κ1) is 20.4. The van der Waals surface area contributed by atoms with Gasteiger partial charge in [-0.3, -0.25) is 9.59 Å². The van der Waals surface area contributed by atoms with Crippen molar-refractivity contribution >= 4 is 17.5 Å². The lowest BCUT2D eigenvalue weighted by Crippen LogP contribution is -3.14. The minimum absolute atomic E-state index is 0.0398. The molecule has 0 bridgehead atoms. The first-order chi connectivity index (χ1) is 12.5. The van der Waals surface area contributed by atoms with Crippen LogP contribution >= 0.6 is 0 Å². The molecule has 1 aliphatic rings. The van der Waals surface area contributed by atoms with Gasteiger partial charge in [0.15, 0.2) is 13.1 Å². The van der Waals surface area contributed by atoms with Gasteiger partial charge >= 0.3 is 0 Å². The molecule has 1 saturated carbocycles. The highest BCUT2D eigenvalue weighted by Gasteiger charge is 2.23. The zero-order valence-corrected chi connectivity index (χ0v) is 16.4. The second-order valence-electron chi connectivity index (χ2n) is 7.74. The van der Waals surface area contributed by atoms with Gasteiger partial charge in [-0.2, -0.15) is 0 Å². The molecule has 5 nitrogen and oxygen atoms in total. The third-order valence-corrected chi connectivity index (χ3v) is 5.22. The van der Waals surface area contributed by atoms with Crippen LogP contribution in [0.1, 0.15) is 51.5 Å². The maximum absolute atomic E-state index is 12.4. The smallest absolute Gasteiger partial charge is 0.279 e. The number of anilines is 1. The van der Waals surface area contributed by atoms with Crippen LogP contribution in [0.3, 0.4) is 0 Å². The summed E-state index contributed by atoms with van der Waals surface area (Å²) in [4.78, 5) is 25.8. The van der Waals surface area contributed by atoms with Crippen LogP contribution in [0.25, 0.3) is 0 Å². The van der Waals surface area contributed by atoms with Crippen molar-refractivity contribution < 1.29 is 14.5 Å². The summed E-state index contributed by atoms with van der Waals surface area (Å²) in [7, 11) is 0. The predicted molar refractivity (Wildman–Crippen MR) is 105 cm³/mol. The molecule has 1 aliphatic carbocycles.